The standard InChI is InChI=1S/C29H34ClFN4O4S/c1-21(2)32-29(37)27(18-22-10-6-5-7-11-22)34(19-23-14-16-24(30)17-15-23)28(36)20-35(40(38,39)33(3)4)26-13-9-8-12-25(26)31/h5-17,21,27H,18-20H2,1-4H3,(H,32,37). The molecule has 0 bridgehead atoms. The highest BCUT2D eigenvalue weighted by Gasteiger charge is 2.35. The first-order valence-corrected chi connectivity index (χ1v) is 14.5. The Bertz CT molecular complexity index is 1400. The van der Waals surface area contributed by atoms with E-state index in [1.165, 1.54) is 37.2 Å². The van der Waals surface area contributed by atoms with Gasteiger partial charge >= 0.3 is 10.2 Å². The van der Waals surface area contributed by atoms with E-state index < -0.39 is 40.4 Å². The summed E-state index contributed by atoms with van der Waals surface area (Å²) >= 11 is 6.06. The van der Waals surface area contributed by atoms with Gasteiger partial charge in [0.05, 0.1) is 5.69 Å². The molecule has 1 N–H and O–H groups in total. The topological polar surface area (TPSA) is 90.0 Å². The van der Waals surface area contributed by atoms with Crippen molar-refractivity contribution in [1.29, 1.82) is 0 Å². The summed E-state index contributed by atoms with van der Waals surface area (Å²) in [6.45, 7) is 2.89. The number of anilines is 1. The van der Waals surface area contributed by atoms with Crippen molar-refractivity contribution in [2.24, 2.45) is 0 Å². The van der Waals surface area contributed by atoms with Gasteiger partial charge in [-0.25, -0.2) is 8.70 Å². The van der Waals surface area contributed by atoms with E-state index in [-0.39, 0.29) is 24.7 Å². The molecule has 0 heterocycles. The van der Waals surface area contributed by atoms with Crippen molar-refractivity contribution in [3.63, 3.8) is 0 Å². The number of halogens is 2. The van der Waals surface area contributed by atoms with Crippen molar-refractivity contribution in [3.8, 4) is 0 Å². The maximum absolute atomic E-state index is 14.9. The van der Waals surface area contributed by atoms with E-state index in [2.05, 4.69) is 5.32 Å². The molecule has 0 aliphatic rings. The number of hydrogen-bond acceptors (Lipinski definition) is 4. The molecule has 0 fully saturated rings. The maximum Gasteiger partial charge on any atom is 0.304 e. The monoisotopic (exact) mass is 588 g/mol. The number of carbonyl (C=O) groups is 2. The van der Waals surface area contributed by atoms with Crippen molar-refractivity contribution in [2.45, 2.75) is 38.9 Å². The third-order valence-electron chi connectivity index (χ3n) is 6.11. The quantitative estimate of drug-likeness (QED) is 0.342. The predicted molar refractivity (Wildman–Crippen MR) is 156 cm³/mol. The number of carbonyl (C=O) groups excluding carboxylic acids is 2. The van der Waals surface area contributed by atoms with E-state index in [1.807, 2.05) is 44.2 Å². The second-order valence-corrected chi connectivity index (χ2v) is 12.3. The Labute approximate surface area is 240 Å². The molecule has 3 aromatic rings. The van der Waals surface area contributed by atoms with Crippen molar-refractivity contribution in [2.75, 3.05) is 24.9 Å². The highest BCUT2D eigenvalue weighted by atomic mass is 35.5. The Morgan fingerprint density at radius 3 is 2.08 bits per heavy atom. The lowest BCUT2D eigenvalue weighted by Crippen LogP contribution is -2.55. The second kappa shape index (κ2) is 13.7. The first kappa shape index (κ1) is 31.1. The second-order valence-electron chi connectivity index (χ2n) is 9.77. The summed E-state index contributed by atoms with van der Waals surface area (Å²) in [5.74, 6) is -1.87. The number of rotatable bonds is 12. The molecule has 3 aromatic carbocycles. The van der Waals surface area contributed by atoms with Crippen LogP contribution in [0.4, 0.5) is 10.1 Å². The van der Waals surface area contributed by atoms with Crippen LogP contribution in [0.5, 0.6) is 0 Å². The van der Waals surface area contributed by atoms with Gasteiger partial charge in [0.1, 0.15) is 18.4 Å². The first-order valence-electron chi connectivity index (χ1n) is 12.7. The van der Waals surface area contributed by atoms with Crippen LogP contribution >= 0.6 is 11.6 Å². The molecule has 0 aliphatic heterocycles. The smallest absolute Gasteiger partial charge is 0.304 e. The van der Waals surface area contributed by atoms with Crippen LogP contribution in [0.1, 0.15) is 25.0 Å². The largest absolute Gasteiger partial charge is 0.352 e. The van der Waals surface area contributed by atoms with E-state index >= 15 is 0 Å². The average molecular weight is 589 g/mol. The van der Waals surface area contributed by atoms with E-state index in [0.29, 0.717) is 10.6 Å². The summed E-state index contributed by atoms with van der Waals surface area (Å²) in [5.41, 5.74) is 1.22. The molecule has 40 heavy (non-hydrogen) atoms. The molecular weight excluding hydrogens is 555 g/mol. The zero-order valence-electron chi connectivity index (χ0n) is 22.9. The highest BCUT2D eigenvalue weighted by molar-refractivity contribution is 7.90. The fourth-order valence-corrected chi connectivity index (χ4v) is 5.27. The van der Waals surface area contributed by atoms with Crippen molar-refractivity contribution < 1.29 is 22.4 Å². The summed E-state index contributed by atoms with van der Waals surface area (Å²) in [6, 6.07) is 20.2. The lowest BCUT2D eigenvalue weighted by Gasteiger charge is -2.34. The zero-order chi connectivity index (χ0) is 29.4. The number of hydrogen-bond donors (Lipinski definition) is 1. The van der Waals surface area contributed by atoms with Gasteiger partial charge in [0, 0.05) is 38.1 Å². The van der Waals surface area contributed by atoms with Crippen LogP contribution < -0.4 is 9.62 Å². The van der Waals surface area contributed by atoms with Gasteiger partial charge in [0.15, 0.2) is 0 Å². The molecule has 0 aliphatic carbocycles. The molecule has 0 spiro atoms. The Morgan fingerprint density at radius 2 is 1.50 bits per heavy atom. The normalized spacial score (nSPS) is 12.3. The number of benzene rings is 3. The zero-order valence-corrected chi connectivity index (χ0v) is 24.5. The summed E-state index contributed by atoms with van der Waals surface area (Å²) in [5, 5.41) is 3.38. The van der Waals surface area contributed by atoms with Crippen molar-refractivity contribution in [3.05, 3.63) is 101 Å². The van der Waals surface area contributed by atoms with Gasteiger partial charge in [0.2, 0.25) is 11.8 Å². The SMILES string of the molecule is CC(C)NC(=O)C(Cc1ccccc1)N(Cc1ccc(Cl)cc1)C(=O)CN(c1ccccc1F)S(=O)(=O)N(C)C. The van der Waals surface area contributed by atoms with Gasteiger partial charge in [0.25, 0.3) is 0 Å². The van der Waals surface area contributed by atoms with Gasteiger partial charge in [-0.3, -0.25) is 9.59 Å². The lowest BCUT2D eigenvalue weighted by atomic mass is 10.0. The Morgan fingerprint density at radius 1 is 0.900 bits per heavy atom. The van der Waals surface area contributed by atoms with Gasteiger partial charge in [-0.15, -0.1) is 0 Å². The fourth-order valence-electron chi connectivity index (χ4n) is 4.08. The van der Waals surface area contributed by atoms with E-state index in [0.717, 1.165) is 20.2 Å². The summed E-state index contributed by atoms with van der Waals surface area (Å²) in [7, 11) is -1.69. The molecular formula is C29H34ClFN4O4S. The van der Waals surface area contributed by atoms with Crippen molar-refractivity contribution >= 4 is 39.3 Å². The molecule has 0 radical (unpaired) electrons. The van der Waals surface area contributed by atoms with Crippen LogP contribution in [-0.4, -0.2) is 62.2 Å². The molecule has 0 saturated heterocycles. The Balaban J connectivity index is 2.10. The maximum atomic E-state index is 14.9. The average Bonchev–Trinajstić information content (AvgIpc) is 2.90. The van der Waals surface area contributed by atoms with E-state index in [9.17, 15) is 22.4 Å². The molecule has 0 aromatic heterocycles. The van der Waals surface area contributed by atoms with Crippen LogP contribution in [0.3, 0.4) is 0 Å². The lowest BCUT2D eigenvalue weighted by molar-refractivity contribution is -0.140. The summed E-state index contributed by atoms with van der Waals surface area (Å²) < 4.78 is 43.1. The highest BCUT2D eigenvalue weighted by Crippen LogP contribution is 2.24. The minimum atomic E-state index is -4.28. The first-order chi connectivity index (χ1) is 18.9. The number of nitrogens with one attached hydrogen (secondary N) is 1. The molecule has 1 unspecified atom stereocenters. The fraction of sp³-hybridized carbons (Fsp3) is 0.310. The van der Waals surface area contributed by atoms with Gasteiger partial charge in [-0.1, -0.05) is 66.2 Å². The van der Waals surface area contributed by atoms with Crippen molar-refractivity contribution in [1.82, 2.24) is 14.5 Å². The number of nitrogens with zero attached hydrogens (tertiary/aromatic N) is 3. The predicted octanol–water partition coefficient (Wildman–Crippen LogP) is 4.26. The molecule has 8 nitrogen and oxygen atoms in total. The van der Waals surface area contributed by atoms with Gasteiger partial charge in [-0.2, -0.15) is 12.7 Å². The van der Waals surface area contributed by atoms with Crippen LogP contribution in [0.25, 0.3) is 0 Å². The Kier molecular flexibility index (Phi) is 10.7. The third kappa shape index (κ3) is 8.03. The summed E-state index contributed by atoms with van der Waals surface area (Å²) in [6.07, 6.45) is 0.179. The Hall–Kier alpha value is -3.47. The molecule has 1 atom stereocenters. The van der Waals surface area contributed by atoms with E-state index in [4.69, 9.17) is 11.6 Å². The van der Waals surface area contributed by atoms with Crippen LogP contribution in [0, 0.1) is 5.82 Å². The minimum Gasteiger partial charge on any atom is -0.352 e. The minimum absolute atomic E-state index is 0.00780. The molecule has 214 valence electrons. The van der Waals surface area contributed by atoms with Gasteiger partial charge < -0.3 is 10.2 Å². The molecule has 3 rings (SSSR count). The summed E-state index contributed by atoms with van der Waals surface area (Å²) in [4.78, 5) is 29.0. The molecule has 0 saturated carbocycles. The number of amides is 2. The van der Waals surface area contributed by atoms with Gasteiger partial charge in [-0.05, 0) is 49.2 Å². The van der Waals surface area contributed by atoms with E-state index in [1.54, 1.807) is 24.3 Å². The molecule has 2 amide bonds. The van der Waals surface area contributed by atoms with Crippen LogP contribution in [0.15, 0.2) is 78.9 Å². The van der Waals surface area contributed by atoms with Crippen LogP contribution in [0.2, 0.25) is 5.02 Å². The number of para-hydroxylation sites is 1. The third-order valence-corrected chi connectivity index (χ3v) is 8.17. The molecule has 11 heteroatoms. The van der Waals surface area contributed by atoms with Crippen LogP contribution in [-0.2, 0) is 32.8 Å².